The highest BCUT2D eigenvalue weighted by atomic mass is 19.1. The molecule has 0 N–H and O–H groups in total. The molecule has 0 aromatic heterocycles. The van der Waals surface area contributed by atoms with Crippen LogP contribution in [-0.4, -0.2) is 44.2 Å². The Hall–Kier alpha value is -2.07. The number of rotatable bonds is 6. The quantitative estimate of drug-likeness (QED) is 0.737. The van der Waals surface area contributed by atoms with E-state index in [1.54, 1.807) is 6.07 Å². The summed E-state index contributed by atoms with van der Waals surface area (Å²) in [6, 6.07) is 13.2. The van der Waals surface area contributed by atoms with E-state index in [1.807, 2.05) is 24.3 Å². The molecular weight excluding hydrogens is 315 g/mol. The lowest BCUT2D eigenvalue weighted by atomic mass is 10.1. The van der Waals surface area contributed by atoms with Crippen LogP contribution < -0.4 is 9.64 Å². The average Bonchev–Trinajstić information content (AvgIpc) is 2.63. The van der Waals surface area contributed by atoms with Crippen LogP contribution in [0.25, 0.3) is 0 Å². The largest absolute Gasteiger partial charge is 0.493 e. The highest BCUT2D eigenvalue weighted by molar-refractivity contribution is 5.48. The van der Waals surface area contributed by atoms with Crippen molar-refractivity contribution < 1.29 is 9.13 Å². The number of anilines is 1. The second-order valence-corrected chi connectivity index (χ2v) is 6.68. The van der Waals surface area contributed by atoms with Crippen molar-refractivity contribution in [1.29, 1.82) is 0 Å². The van der Waals surface area contributed by atoms with Gasteiger partial charge in [0.15, 0.2) is 0 Å². The molecule has 2 aromatic rings. The zero-order valence-corrected chi connectivity index (χ0v) is 15.2. The first-order chi connectivity index (χ1) is 12.1. The molecule has 1 saturated heterocycles. The SMILES string of the molecule is Cc1cccc(OCCCN2CCN(c3ccccc3F)CC2)c1C. The van der Waals surface area contributed by atoms with Crippen LogP contribution in [0.1, 0.15) is 17.5 Å². The van der Waals surface area contributed by atoms with Gasteiger partial charge in [0.1, 0.15) is 11.6 Å². The normalized spacial score (nSPS) is 15.4. The predicted molar refractivity (Wildman–Crippen MR) is 101 cm³/mol. The Balaban J connectivity index is 1.40. The number of aryl methyl sites for hydroxylation is 1. The van der Waals surface area contributed by atoms with Gasteiger partial charge in [0.25, 0.3) is 0 Å². The highest BCUT2D eigenvalue weighted by Crippen LogP contribution is 2.21. The molecule has 0 saturated carbocycles. The van der Waals surface area contributed by atoms with Gasteiger partial charge in [0.05, 0.1) is 12.3 Å². The van der Waals surface area contributed by atoms with Crippen LogP contribution in [0.2, 0.25) is 0 Å². The van der Waals surface area contributed by atoms with Crippen molar-refractivity contribution in [3.05, 3.63) is 59.4 Å². The summed E-state index contributed by atoms with van der Waals surface area (Å²) < 4.78 is 19.8. The molecule has 3 nitrogen and oxygen atoms in total. The van der Waals surface area contributed by atoms with Crippen molar-refractivity contribution in [2.24, 2.45) is 0 Å². The molecule has 0 spiro atoms. The zero-order chi connectivity index (χ0) is 17.6. The molecule has 1 fully saturated rings. The van der Waals surface area contributed by atoms with Gasteiger partial charge in [0.2, 0.25) is 0 Å². The third kappa shape index (κ3) is 4.51. The molecule has 0 bridgehead atoms. The summed E-state index contributed by atoms with van der Waals surface area (Å²) >= 11 is 0. The van der Waals surface area contributed by atoms with E-state index in [4.69, 9.17) is 4.74 Å². The molecule has 3 rings (SSSR count). The standard InChI is InChI=1S/C21H27FN2O/c1-17-7-5-10-21(18(17)2)25-16-6-11-23-12-14-24(15-13-23)20-9-4-3-8-19(20)22/h3-5,7-10H,6,11-16H2,1-2H3. The average molecular weight is 342 g/mol. The molecule has 1 heterocycles. The topological polar surface area (TPSA) is 15.7 Å². The van der Waals surface area contributed by atoms with Crippen molar-refractivity contribution >= 4 is 5.69 Å². The van der Waals surface area contributed by atoms with E-state index in [0.717, 1.165) is 57.2 Å². The molecule has 4 heteroatoms. The van der Waals surface area contributed by atoms with Gasteiger partial charge in [-0.05, 0) is 49.6 Å². The number of benzene rings is 2. The summed E-state index contributed by atoms with van der Waals surface area (Å²) in [5.41, 5.74) is 3.21. The summed E-state index contributed by atoms with van der Waals surface area (Å²) in [5, 5.41) is 0. The summed E-state index contributed by atoms with van der Waals surface area (Å²) in [7, 11) is 0. The molecule has 1 aliphatic heterocycles. The molecule has 25 heavy (non-hydrogen) atoms. The van der Waals surface area contributed by atoms with E-state index in [-0.39, 0.29) is 5.82 Å². The fourth-order valence-corrected chi connectivity index (χ4v) is 3.27. The summed E-state index contributed by atoms with van der Waals surface area (Å²) in [5.74, 6) is 0.863. The summed E-state index contributed by atoms with van der Waals surface area (Å²) in [6.07, 6.45) is 1.01. The smallest absolute Gasteiger partial charge is 0.146 e. The van der Waals surface area contributed by atoms with E-state index < -0.39 is 0 Å². The highest BCUT2D eigenvalue weighted by Gasteiger charge is 2.18. The van der Waals surface area contributed by atoms with Gasteiger partial charge in [-0.3, -0.25) is 4.90 Å². The number of halogens is 1. The van der Waals surface area contributed by atoms with Gasteiger partial charge in [-0.15, -0.1) is 0 Å². The van der Waals surface area contributed by atoms with Crippen molar-refractivity contribution in [1.82, 2.24) is 4.90 Å². The number of hydrogen-bond donors (Lipinski definition) is 0. The number of piperazine rings is 1. The maximum atomic E-state index is 13.9. The number of para-hydroxylation sites is 1. The van der Waals surface area contributed by atoms with Crippen molar-refractivity contribution in [3.8, 4) is 5.75 Å². The van der Waals surface area contributed by atoms with Crippen LogP contribution in [-0.2, 0) is 0 Å². The van der Waals surface area contributed by atoms with Crippen LogP contribution in [0, 0.1) is 19.7 Å². The van der Waals surface area contributed by atoms with Crippen LogP contribution in [0.3, 0.4) is 0 Å². The Bertz CT molecular complexity index is 696. The third-order valence-electron chi connectivity index (χ3n) is 5.00. The molecule has 0 radical (unpaired) electrons. The van der Waals surface area contributed by atoms with E-state index in [2.05, 4.69) is 29.7 Å². The van der Waals surface area contributed by atoms with Gasteiger partial charge < -0.3 is 9.64 Å². The second-order valence-electron chi connectivity index (χ2n) is 6.68. The van der Waals surface area contributed by atoms with E-state index in [1.165, 1.54) is 17.2 Å². The lowest BCUT2D eigenvalue weighted by molar-refractivity contribution is 0.224. The van der Waals surface area contributed by atoms with Gasteiger partial charge >= 0.3 is 0 Å². The Kier molecular flexibility index (Phi) is 5.92. The third-order valence-corrected chi connectivity index (χ3v) is 5.00. The fourth-order valence-electron chi connectivity index (χ4n) is 3.27. The van der Waals surface area contributed by atoms with Gasteiger partial charge in [-0.25, -0.2) is 4.39 Å². The molecule has 0 amide bonds. The molecular formula is C21H27FN2O. The molecule has 0 unspecified atom stereocenters. The van der Waals surface area contributed by atoms with E-state index in [9.17, 15) is 4.39 Å². The zero-order valence-electron chi connectivity index (χ0n) is 15.2. The number of nitrogens with zero attached hydrogens (tertiary/aromatic N) is 2. The lowest BCUT2D eigenvalue weighted by Gasteiger charge is -2.36. The number of ether oxygens (including phenoxy) is 1. The minimum Gasteiger partial charge on any atom is -0.493 e. The molecule has 134 valence electrons. The molecule has 1 aliphatic rings. The fraction of sp³-hybridized carbons (Fsp3) is 0.429. The first-order valence-corrected chi connectivity index (χ1v) is 9.06. The van der Waals surface area contributed by atoms with Crippen molar-refractivity contribution in [2.45, 2.75) is 20.3 Å². The first-order valence-electron chi connectivity index (χ1n) is 9.06. The van der Waals surface area contributed by atoms with Crippen LogP contribution >= 0.6 is 0 Å². The van der Waals surface area contributed by atoms with E-state index >= 15 is 0 Å². The molecule has 0 aliphatic carbocycles. The summed E-state index contributed by atoms with van der Waals surface area (Å²) in [6.45, 7) is 9.66. The Labute approximate surface area is 150 Å². The van der Waals surface area contributed by atoms with Crippen LogP contribution in [0.4, 0.5) is 10.1 Å². The monoisotopic (exact) mass is 342 g/mol. The van der Waals surface area contributed by atoms with Gasteiger partial charge in [0, 0.05) is 32.7 Å². The summed E-state index contributed by atoms with van der Waals surface area (Å²) in [4.78, 5) is 4.57. The maximum Gasteiger partial charge on any atom is 0.146 e. The van der Waals surface area contributed by atoms with Gasteiger partial charge in [-0.2, -0.15) is 0 Å². The Morgan fingerprint density at radius 1 is 0.960 bits per heavy atom. The lowest BCUT2D eigenvalue weighted by Crippen LogP contribution is -2.47. The van der Waals surface area contributed by atoms with Crippen molar-refractivity contribution in [3.63, 3.8) is 0 Å². The second kappa shape index (κ2) is 8.34. The number of hydrogen-bond acceptors (Lipinski definition) is 3. The van der Waals surface area contributed by atoms with E-state index in [0.29, 0.717) is 0 Å². The minimum absolute atomic E-state index is 0.127. The van der Waals surface area contributed by atoms with Crippen molar-refractivity contribution in [2.75, 3.05) is 44.2 Å². The molecule has 0 atom stereocenters. The van der Waals surface area contributed by atoms with Crippen LogP contribution in [0.15, 0.2) is 42.5 Å². The first kappa shape index (κ1) is 17.7. The maximum absolute atomic E-state index is 13.9. The molecule has 2 aromatic carbocycles. The Morgan fingerprint density at radius 3 is 2.48 bits per heavy atom. The predicted octanol–water partition coefficient (Wildman–Crippen LogP) is 4.03. The van der Waals surface area contributed by atoms with Gasteiger partial charge in [-0.1, -0.05) is 24.3 Å². The minimum atomic E-state index is -0.127. The Morgan fingerprint density at radius 2 is 1.72 bits per heavy atom. The van der Waals surface area contributed by atoms with Crippen LogP contribution in [0.5, 0.6) is 5.75 Å².